The van der Waals surface area contributed by atoms with Crippen molar-refractivity contribution in [3.05, 3.63) is 36.4 Å². The Bertz CT molecular complexity index is 1740. The second-order valence-electron chi connectivity index (χ2n) is 27.6. The van der Waals surface area contributed by atoms with Crippen LogP contribution in [0.15, 0.2) is 24.8 Å². The van der Waals surface area contributed by atoms with Crippen molar-refractivity contribution in [3.63, 3.8) is 0 Å². The summed E-state index contributed by atoms with van der Waals surface area (Å²) in [6.45, 7) is 11.6. The van der Waals surface area contributed by atoms with Gasteiger partial charge in [-0.1, -0.05) is 394 Å². The quantitative estimate of drug-likeness (QED) is 0.0380. The van der Waals surface area contributed by atoms with Gasteiger partial charge in [0.2, 0.25) is 0 Å². The third-order valence-electron chi connectivity index (χ3n) is 18.2. The summed E-state index contributed by atoms with van der Waals surface area (Å²) in [6.07, 6.45) is 102. The lowest BCUT2D eigenvalue weighted by atomic mass is 10.0. The second kappa shape index (κ2) is 73.1. The SMILES string of the molecule is CCCCCCCCCCCCCCCCCC[n+]1cc[nH]c1CCCCCCCCCCCCCCCCC.CCCCCCCCCCCCCCCCCCn1ccnc1CCCCCCCCCCCCCCCCC.CS(=O)(=O)O.CS(=O)(=O)[O-]. The van der Waals surface area contributed by atoms with Crippen LogP contribution in [0.5, 0.6) is 0 Å². The molecule has 0 fully saturated rings. The van der Waals surface area contributed by atoms with Gasteiger partial charge in [0.05, 0.1) is 22.9 Å². The number of hydrogen-bond donors (Lipinski definition) is 2. The third-order valence-corrected chi connectivity index (χ3v) is 18.2. The van der Waals surface area contributed by atoms with Crippen LogP contribution in [0.25, 0.3) is 0 Å². The highest BCUT2D eigenvalue weighted by Gasteiger charge is 2.10. The minimum atomic E-state index is -3.92. The van der Waals surface area contributed by atoms with Crippen LogP contribution in [0.4, 0.5) is 0 Å². The standard InChI is InChI=1S/2C38H74N2.2CH4O3S/c2*1-3-5-7-9-11-13-15-17-19-21-23-25-27-29-31-33-36-40-37-35-39-38(40)34-32-30-28-26-24-22-20-18-16-14-12-10-8-6-4-2;2*1-5(2,3)4/h2*35,37H,3-34,36H2,1-2H3;2*1H3,(H,2,3,4). The molecule has 0 unspecified atom stereocenters. The molecule has 0 saturated heterocycles. The predicted octanol–water partition coefficient (Wildman–Crippen LogP) is 25.2. The Morgan fingerprint density at radius 2 is 0.600 bits per heavy atom. The molecule has 90 heavy (non-hydrogen) atoms. The number of unbranched alkanes of at least 4 members (excludes halogenated alkanes) is 58. The molecular weight excluding hydrogens is 1150 g/mol. The van der Waals surface area contributed by atoms with E-state index in [1.807, 2.05) is 6.20 Å². The topological polar surface area (TPSA) is 149 Å². The lowest BCUT2D eigenvalue weighted by Crippen LogP contribution is -2.36. The number of imidazole rings is 2. The molecule has 10 nitrogen and oxygen atoms in total. The smallest absolute Gasteiger partial charge is 0.261 e. The molecule has 0 aromatic carbocycles. The normalized spacial score (nSPS) is 11.6. The number of aromatic amines is 1. The van der Waals surface area contributed by atoms with Gasteiger partial charge in [-0.15, -0.1) is 0 Å². The Labute approximate surface area is 562 Å². The summed E-state index contributed by atoms with van der Waals surface area (Å²) in [4.78, 5) is 8.20. The van der Waals surface area contributed by atoms with E-state index in [4.69, 9.17) is 17.5 Å². The van der Waals surface area contributed by atoms with Gasteiger partial charge in [0.1, 0.15) is 18.2 Å². The fourth-order valence-corrected chi connectivity index (χ4v) is 12.6. The highest BCUT2D eigenvalue weighted by atomic mass is 32.2. The van der Waals surface area contributed by atoms with Crippen molar-refractivity contribution in [3.8, 4) is 0 Å². The number of aromatic nitrogens is 4. The summed E-state index contributed by atoms with van der Waals surface area (Å²) in [5.41, 5.74) is 0. The molecule has 0 atom stereocenters. The van der Waals surface area contributed by atoms with Crippen molar-refractivity contribution in [2.75, 3.05) is 12.5 Å². The predicted molar refractivity (Wildman–Crippen MR) is 393 cm³/mol. The van der Waals surface area contributed by atoms with Gasteiger partial charge in [0.15, 0.2) is 0 Å². The van der Waals surface area contributed by atoms with Crippen LogP contribution in [0.2, 0.25) is 0 Å². The van der Waals surface area contributed by atoms with Gasteiger partial charge in [-0.05, 0) is 32.1 Å². The van der Waals surface area contributed by atoms with Gasteiger partial charge < -0.3 is 9.12 Å². The Morgan fingerprint density at radius 1 is 0.378 bits per heavy atom. The first-order valence-corrected chi connectivity index (χ1v) is 43.3. The van der Waals surface area contributed by atoms with Crippen molar-refractivity contribution in [2.24, 2.45) is 0 Å². The summed E-state index contributed by atoms with van der Waals surface area (Å²) >= 11 is 0. The van der Waals surface area contributed by atoms with E-state index >= 15 is 0 Å². The fraction of sp³-hybridized carbons (Fsp3) is 0.923. The van der Waals surface area contributed by atoms with E-state index in [1.165, 1.54) is 436 Å². The molecule has 0 saturated carbocycles. The molecule has 2 aromatic heterocycles. The Hall–Kier alpha value is -1.76. The van der Waals surface area contributed by atoms with E-state index < -0.39 is 20.2 Å². The molecule has 12 heteroatoms. The minimum Gasteiger partial charge on any atom is -0.748 e. The summed E-state index contributed by atoms with van der Waals surface area (Å²) in [7, 11) is -7.58. The van der Waals surface area contributed by atoms with Crippen molar-refractivity contribution in [2.45, 2.75) is 452 Å². The molecule has 0 amide bonds. The molecule has 0 radical (unpaired) electrons. The molecule has 2 heterocycles. The lowest BCUT2D eigenvalue weighted by Gasteiger charge is -2.08. The van der Waals surface area contributed by atoms with Crippen molar-refractivity contribution in [1.29, 1.82) is 0 Å². The summed E-state index contributed by atoms with van der Waals surface area (Å²) in [5, 5.41) is 0. The monoisotopic (exact) mass is 1310 g/mol. The van der Waals surface area contributed by atoms with Gasteiger partial charge in [0, 0.05) is 38.0 Å². The number of hydrogen-bond acceptors (Lipinski definition) is 6. The molecule has 0 aliphatic rings. The zero-order valence-corrected chi connectivity index (χ0v) is 62.8. The van der Waals surface area contributed by atoms with Crippen LogP contribution in [0.1, 0.15) is 437 Å². The van der Waals surface area contributed by atoms with Gasteiger partial charge in [-0.2, -0.15) is 8.42 Å². The van der Waals surface area contributed by atoms with Gasteiger partial charge in [-0.25, -0.2) is 23.0 Å². The maximum absolute atomic E-state index is 9.19. The van der Waals surface area contributed by atoms with Crippen LogP contribution >= 0.6 is 0 Å². The van der Waals surface area contributed by atoms with Gasteiger partial charge in [-0.3, -0.25) is 4.55 Å². The van der Waals surface area contributed by atoms with Crippen molar-refractivity contribution >= 4 is 20.2 Å². The third kappa shape index (κ3) is 80.5. The molecule has 2 rings (SSSR count). The first kappa shape index (κ1) is 90.3. The number of nitrogens with zero attached hydrogens (tertiary/aromatic N) is 3. The maximum Gasteiger partial charge on any atom is 0.261 e. The van der Waals surface area contributed by atoms with Gasteiger partial charge in [0.25, 0.3) is 15.9 Å². The average molecular weight is 1310 g/mol. The molecule has 2 aromatic rings. The molecule has 0 bridgehead atoms. The zero-order valence-electron chi connectivity index (χ0n) is 61.1. The minimum absolute atomic E-state index is 0.604. The first-order valence-electron chi connectivity index (χ1n) is 39.7. The largest absolute Gasteiger partial charge is 0.748 e. The molecular formula is C78H156N4O6S2. The van der Waals surface area contributed by atoms with Gasteiger partial charge >= 0.3 is 0 Å². The molecule has 2 N–H and O–H groups in total. The summed E-state index contributed by atoms with van der Waals surface area (Å²) < 4.78 is 58.0. The molecule has 0 aliphatic heterocycles. The van der Waals surface area contributed by atoms with E-state index in [0.717, 1.165) is 0 Å². The number of H-pyrrole nitrogens is 1. The van der Waals surface area contributed by atoms with E-state index in [0.29, 0.717) is 12.5 Å². The van der Waals surface area contributed by atoms with Crippen molar-refractivity contribution in [1.82, 2.24) is 14.5 Å². The van der Waals surface area contributed by atoms with E-state index in [9.17, 15) is 8.42 Å². The lowest BCUT2D eigenvalue weighted by molar-refractivity contribution is -0.703. The molecule has 536 valence electrons. The van der Waals surface area contributed by atoms with E-state index in [-0.39, 0.29) is 0 Å². The average Bonchev–Trinajstić information content (AvgIpc) is 4.00. The molecule has 0 aliphatic carbocycles. The van der Waals surface area contributed by atoms with Crippen LogP contribution in [-0.4, -0.2) is 53.0 Å². The Kier molecular flexibility index (Phi) is 73.3. The summed E-state index contributed by atoms with van der Waals surface area (Å²) in [6, 6.07) is 0. The summed E-state index contributed by atoms with van der Waals surface area (Å²) in [5.74, 6) is 2.78. The van der Waals surface area contributed by atoms with E-state index in [2.05, 4.69) is 65.4 Å². The van der Waals surface area contributed by atoms with Crippen LogP contribution in [0, 0.1) is 0 Å². The fourth-order valence-electron chi connectivity index (χ4n) is 12.6. The van der Waals surface area contributed by atoms with Crippen LogP contribution in [-0.2, 0) is 46.2 Å². The number of nitrogens with one attached hydrogen (secondary N) is 1. The Balaban J connectivity index is 0. The van der Waals surface area contributed by atoms with Crippen LogP contribution in [0.3, 0.4) is 0 Å². The highest BCUT2D eigenvalue weighted by Crippen LogP contribution is 2.19. The number of rotatable bonds is 66. The number of aryl methyl sites for hydroxylation is 4. The molecule has 0 spiro atoms. The van der Waals surface area contributed by atoms with Crippen molar-refractivity contribution < 1.29 is 30.5 Å². The first-order chi connectivity index (χ1) is 43.8. The highest BCUT2D eigenvalue weighted by molar-refractivity contribution is 7.85. The van der Waals surface area contributed by atoms with Crippen LogP contribution < -0.4 is 4.57 Å². The second-order valence-corrected chi connectivity index (χ2v) is 30.5. The Morgan fingerprint density at radius 3 is 0.867 bits per heavy atom. The van der Waals surface area contributed by atoms with E-state index in [1.54, 1.807) is 0 Å². The maximum atomic E-state index is 9.19. The zero-order chi connectivity index (χ0) is 66.2.